The number of anilines is 1. The lowest BCUT2D eigenvalue weighted by Gasteiger charge is -2.33. The quantitative estimate of drug-likeness (QED) is 0.794. The van der Waals surface area contributed by atoms with E-state index in [-0.39, 0.29) is 19.1 Å². The van der Waals surface area contributed by atoms with E-state index in [2.05, 4.69) is 5.32 Å². The summed E-state index contributed by atoms with van der Waals surface area (Å²) in [5.41, 5.74) is 4.47. The molecule has 4 rings (SSSR count). The molecule has 1 atom stereocenters. The number of benzene rings is 2. The second-order valence-corrected chi connectivity index (χ2v) is 7.61. The number of carbonyl (C=O) groups is 3. The highest BCUT2D eigenvalue weighted by molar-refractivity contribution is 6.00. The fourth-order valence-electron chi connectivity index (χ4n) is 3.71. The van der Waals surface area contributed by atoms with Crippen molar-refractivity contribution in [2.75, 3.05) is 25.1 Å². The minimum Gasteiger partial charge on any atom is -0.456 e. The van der Waals surface area contributed by atoms with E-state index < -0.39 is 18.0 Å². The van der Waals surface area contributed by atoms with Crippen LogP contribution in [0.4, 0.5) is 10.5 Å². The second-order valence-electron chi connectivity index (χ2n) is 7.61. The summed E-state index contributed by atoms with van der Waals surface area (Å²) in [6, 6.07) is 14.1. The number of hydrogen-bond acceptors (Lipinski definition) is 4. The van der Waals surface area contributed by atoms with Crippen molar-refractivity contribution in [1.82, 2.24) is 10.2 Å². The zero-order chi connectivity index (χ0) is 21.4. The SMILES string of the molecule is Cc1ccc([C@@H]2NC(=O)N(CC(=O)N(C)c3cccc(C)c3)C3=C2C(=O)OC3)cc1. The van der Waals surface area contributed by atoms with Gasteiger partial charge in [-0.3, -0.25) is 9.69 Å². The number of nitrogens with zero attached hydrogens (tertiary/aromatic N) is 2. The fraction of sp³-hybridized carbons (Fsp3) is 0.261. The number of cyclic esters (lactones) is 1. The summed E-state index contributed by atoms with van der Waals surface area (Å²) in [7, 11) is 1.67. The van der Waals surface area contributed by atoms with E-state index in [1.54, 1.807) is 7.05 Å². The Labute approximate surface area is 174 Å². The Kier molecular flexibility index (Phi) is 5.03. The number of nitrogens with one attached hydrogen (secondary N) is 1. The molecule has 2 aromatic carbocycles. The Morgan fingerprint density at radius 1 is 1.13 bits per heavy atom. The van der Waals surface area contributed by atoms with Gasteiger partial charge in [0.2, 0.25) is 5.91 Å². The van der Waals surface area contributed by atoms with Crippen molar-refractivity contribution < 1.29 is 19.1 Å². The molecule has 0 radical (unpaired) electrons. The highest BCUT2D eigenvalue weighted by Gasteiger charge is 2.42. The lowest BCUT2D eigenvalue weighted by atomic mass is 9.95. The van der Waals surface area contributed by atoms with E-state index in [9.17, 15) is 14.4 Å². The van der Waals surface area contributed by atoms with Crippen LogP contribution in [0.3, 0.4) is 0 Å². The first-order chi connectivity index (χ1) is 14.3. The van der Waals surface area contributed by atoms with Crippen molar-refractivity contribution in [3.63, 3.8) is 0 Å². The van der Waals surface area contributed by atoms with E-state index in [4.69, 9.17) is 4.74 Å². The number of hydrogen-bond donors (Lipinski definition) is 1. The lowest BCUT2D eigenvalue weighted by Crippen LogP contribution is -2.50. The summed E-state index contributed by atoms with van der Waals surface area (Å²) in [5, 5.41) is 2.85. The number of likely N-dealkylation sites (N-methyl/N-ethyl adjacent to an activating group) is 1. The van der Waals surface area contributed by atoms with Gasteiger partial charge in [-0.25, -0.2) is 9.59 Å². The molecule has 0 saturated heterocycles. The Morgan fingerprint density at radius 3 is 2.57 bits per heavy atom. The van der Waals surface area contributed by atoms with Gasteiger partial charge in [-0.15, -0.1) is 0 Å². The number of aryl methyl sites for hydroxylation is 2. The third-order valence-electron chi connectivity index (χ3n) is 5.47. The molecule has 30 heavy (non-hydrogen) atoms. The number of esters is 1. The van der Waals surface area contributed by atoms with Gasteiger partial charge in [-0.2, -0.15) is 0 Å². The number of carbonyl (C=O) groups excluding carboxylic acids is 3. The maximum Gasteiger partial charge on any atom is 0.338 e. The molecule has 154 valence electrons. The van der Waals surface area contributed by atoms with E-state index in [1.807, 2.05) is 62.4 Å². The molecule has 0 saturated carbocycles. The van der Waals surface area contributed by atoms with Crippen LogP contribution in [0.5, 0.6) is 0 Å². The highest BCUT2D eigenvalue weighted by Crippen LogP contribution is 2.35. The maximum atomic E-state index is 12.9. The molecule has 2 aliphatic heterocycles. The Hall–Kier alpha value is -3.61. The number of urea groups is 1. The van der Waals surface area contributed by atoms with Crippen molar-refractivity contribution in [3.8, 4) is 0 Å². The molecule has 2 aliphatic rings. The van der Waals surface area contributed by atoms with Crippen molar-refractivity contribution >= 4 is 23.6 Å². The zero-order valence-corrected chi connectivity index (χ0v) is 17.1. The van der Waals surface area contributed by atoms with Crippen LogP contribution in [0.2, 0.25) is 0 Å². The molecule has 7 heteroatoms. The topological polar surface area (TPSA) is 79.0 Å². The van der Waals surface area contributed by atoms with Crippen LogP contribution < -0.4 is 10.2 Å². The van der Waals surface area contributed by atoms with Crippen LogP contribution in [-0.2, 0) is 14.3 Å². The molecular weight excluding hydrogens is 382 g/mol. The summed E-state index contributed by atoms with van der Waals surface area (Å²) in [6.45, 7) is 3.71. The van der Waals surface area contributed by atoms with E-state index in [0.717, 1.165) is 22.4 Å². The molecule has 2 aromatic rings. The summed E-state index contributed by atoms with van der Waals surface area (Å²) >= 11 is 0. The van der Waals surface area contributed by atoms with Gasteiger partial charge in [0, 0.05) is 12.7 Å². The summed E-state index contributed by atoms with van der Waals surface area (Å²) in [4.78, 5) is 41.0. The standard InChI is InChI=1S/C23H23N3O4/c1-14-7-9-16(10-8-14)21-20-18(13-30-22(20)28)26(23(29)24-21)12-19(27)25(3)17-6-4-5-15(2)11-17/h4-11,21H,12-13H2,1-3H3,(H,24,29)/t21-/m0/s1. The Morgan fingerprint density at radius 2 is 1.87 bits per heavy atom. The van der Waals surface area contributed by atoms with E-state index >= 15 is 0 Å². The molecule has 0 bridgehead atoms. The van der Waals surface area contributed by atoms with Gasteiger partial charge >= 0.3 is 12.0 Å². The molecule has 0 spiro atoms. The molecule has 0 unspecified atom stereocenters. The molecule has 7 nitrogen and oxygen atoms in total. The molecule has 0 aliphatic carbocycles. The Balaban J connectivity index is 1.62. The van der Waals surface area contributed by atoms with Crippen molar-refractivity contribution in [1.29, 1.82) is 0 Å². The third kappa shape index (κ3) is 3.54. The van der Waals surface area contributed by atoms with Crippen molar-refractivity contribution in [3.05, 3.63) is 76.5 Å². The van der Waals surface area contributed by atoms with E-state index in [1.165, 1.54) is 9.80 Å². The summed E-state index contributed by atoms with van der Waals surface area (Å²) in [5.74, 6) is -0.740. The lowest BCUT2D eigenvalue weighted by molar-refractivity contribution is -0.136. The number of amides is 3. The van der Waals surface area contributed by atoms with Gasteiger partial charge in [0.25, 0.3) is 0 Å². The molecular formula is C23H23N3O4. The van der Waals surface area contributed by atoms with Crippen LogP contribution in [0.25, 0.3) is 0 Å². The Bertz CT molecular complexity index is 1060. The second kappa shape index (κ2) is 7.67. The molecule has 3 amide bonds. The van der Waals surface area contributed by atoms with Crippen molar-refractivity contribution in [2.45, 2.75) is 19.9 Å². The predicted molar refractivity (Wildman–Crippen MR) is 112 cm³/mol. The van der Waals surface area contributed by atoms with Crippen LogP contribution >= 0.6 is 0 Å². The number of ether oxygens (including phenoxy) is 1. The minimum atomic E-state index is -0.594. The molecule has 0 aromatic heterocycles. The zero-order valence-electron chi connectivity index (χ0n) is 17.1. The van der Waals surface area contributed by atoms with E-state index in [0.29, 0.717) is 11.3 Å². The fourth-order valence-corrected chi connectivity index (χ4v) is 3.71. The summed E-state index contributed by atoms with van der Waals surface area (Å²) in [6.07, 6.45) is 0. The molecule has 1 N–H and O–H groups in total. The predicted octanol–water partition coefficient (Wildman–Crippen LogP) is 2.84. The average molecular weight is 405 g/mol. The monoisotopic (exact) mass is 405 g/mol. The first-order valence-corrected chi connectivity index (χ1v) is 9.73. The minimum absolute atomic E-state index is 0.0224. The van der Waals surface area contributed by atoms with Gasteiger partial charge < -0.3 is 15.0 Å². The third-order valence-corrected chi connectivity index (χ3v) is 5.47. The largest absolute Gasteiger partial charge is 0.456 e. The summed E-state index contributed by atoms with van der Waals surface area (Å²) < 4.78 is 5.22. The smallest absolute Gasteiger partial charge is 0.338 e. The van der Waals surface area contributed by atoms with Gasteiger partial charge in [0.15, 0.2) is 0 Å². The van der Waals surface area contributed by atoms with Crippen LogP contribution in [0, 0.1) is 13.8 Å². The van der Waals surface area contributed by atoms with Gasteiger partial charge in [0.1, 0.15) is 13.2 Å². The average Bonchev–Trinajstić information content (AvgIpc) is 3.11. The maximum absolute atomic E-state index is 12.9. The van der Waals surface area contributed by atoms with Crippen molar-refractivity contribution in [2.24, 2.45) is 0 Å². The van der Waals surface area contributed by atoms with Crippen LogP contribution in [0.15, 0.2) is 59.8 Å². The molecule has 0 fully saturated rings. The highest BCUT2D eigenvalue weighted by atomic mass is 16.5. The molecule has 2 heterocycles. The normalized spacial score (nSPS) is 18.1. The van der Waals surface area contributed by atoms with Crippen LogP contribution in [-0.4, -0.2) is 43.0 Å². The first kappa shape index (κ1) is 19.7. The van der Waals surface area contributed by atoms with Gasteiger partial charge in [-0.1, -0.05) is 42.0 Å². The number of rotatable bonds is 4. The van der Waals surface area contributed by atoms with Gasteiger partial charge in [0.05, 0.1) is 17.3 Å². The van der Waals surface area contributed by atoms with Gasteiger partial charge in [-0.05, 0) is 37.1 Å². The first-order valence-electron chi connectivity index (χ1n) is 9.73. The van der Waals surface area contributed by atoms with Crippen LogP contribution in [0.1, 0.15) is 22.7 Å².